The zero-order valence-corrected chi connectivity index (χ0v) is 23.8. The van der Waals surface area contributed by atoms with Crippen LogP contribution in [-0.2, 0) is 16.0 Å². The predicted octanol–water partition coefficient (Wildman–Crippen LogP) is 4.23. The molecule has 42 heavy (non-hydrogen) atoms. The molecule has 3 aliphatic rings. The standard InChI is InChI=1S/C28H29Cl2F3N2O7/c29-17-1-2-23-16(9-17)12-27(42-23)4-7-34(8-5-27)13-18(36)15-40-24-11-22(37)21(30)10-20(24)25(38)35-6-3-19(14-35)41-26(39)28(31,32)33/h1-2,9-11,18-19,36-37H,3-8,12-15H2/t18-,19+/m1/s1. The van der Waals surface area contributed by atoms with Crippen molar-refractivity contribution < 1.29 is 47.2 Å². The van der Waals surface area contributed by atoms with E-state index in [0.29, 0.717) is 24.7 Å². The van der Waals surface area contributed by atoms with Crippen molar-refractivity contribution >= 4 is 35.1 Å². The number of aromatic hydroxyl groups is 1. The highest BCUT2D eigenvalue weighted by atomic mass is 35.5. The molecule has 0 bridgehead atoms. The molecule has 14 heteroatoms. The molecule has 3 heterocycles. The molecule has 9 nitrogen and oxygen atoms in total. The number of piperidine rings is 1. The number of aliphatic hydroxyl groups excluding tert-OH is 1. The summed E-state index contributed by atoms with van der Waals surface area (Å²) < 4.78 is 54.1. The van der Waals surface area contributed by atoms with Crippen molar-refractivity contribution in [1.29, 1.82) is 0 Å². The van der Waals surface area contributed by atoms with Crippen molar-refractivity contribution in [3.05, 3.63) is 51.5 Å². The van der Waals surface area contributed by atoms with E-state index in [1.54, 1.807) is 6.07 Å². The fourth-order valence-corrected chi connectivity index (χ4v) is 5.95. The average molecular weight is 633 g/mol. The van der Waals surface area contributed by atoms with Crippen molar-refractivity contribution in [3.8, 4) is 17.2 Å². The topological polar surface area (TPSA) is 109 Å². The van der Waals surface area contributed by atoms with Crippen LogP contribution in [0.3, 0.4) is 0 Å². The fraction of sp³-hybridized carbons (Fsp3) is 0.500. The minimum atomic E-state index is -5.13. The van der Waals surface area contributed by atoms with Crippen LogP contribution in [0.15, 0.2) is 30.3 Å². The molecule has 2 aromatic rings. The zero-order chi connectivity index (χ0) is 30.2. The van der Waals surface area contributed by atoms with E-state index in [4.69, 9.17) is 32.7 Å². The first-order valence-electron chi connectivity index (χ1n) is 13.4. The van der Waals surface area contributed by atoms with Gasteiger partial charge in [0.05, 0.1) is 17.1 Å². The summed E-state index contributed by atoms with van der Waals surface area (Å²) in [5, 5.41) is 21.3. The molecule has 0 saturated carbocycles. The summed E-state index contributed by atoms with van der Waals surface area (Å²) in [7, 11) is 0. The van der Waals surface area contributed by atoms with Gasteiger partial charge in [-0.15, -0.1) is 0 Å². The molecule has 2 saturated heterocycles. The van der Waals surface area contributed by atoms with E-state index < -0.39 is 30.3 Å². The summed E-state index contributed by atoms with van der Waals surface area (Å²) in [5.41, 5.74) is 0.749. The van der Waals surface area contributed by atoms with E-state index in [9.17, 15) is 33.0 Å². The van der Waals surface area contributed by atoms with Crippen LogP contribution in [0.2, 0.25) is 10.0 Å². The lowest BCUT2D eigenvalue weighted by Crippen LogP contribution is -2.49. The van der Waals surface area contributed by atoms with Gasteiger partial charge in [-0.25, -0.2) is 4.79 Å². The second-order valence-corrected chi connectivity index (χ2v) is 11.7. The van der Waals surface area contributed by atoms with Gasteiger partial charge in [-0.2, -0.15) is 13.2 Å². The lowest BCUT2D eigenvalue weighted by molar-refractivity contribution is -0.204. The van der Waals surface area contributed by atoms with Crippen molar-refractivity contribution in [2.45, 2.75) is 49.7 Å². The molecule has 1 spiro atoms. The number of β-amino-alcohol motifs (C(OH)–C–C–N with tert-alkyl or cyclic N) is 1. The first-order chi connectivity index (χ1) is 19.8. The Morgan fingerprint density at radius 3 is 2.60 bits per heavy atom. The number of ether oxygens (including phenoxy) is 3. The Labute approximate surface area is 249 Å². The van der Waals surface area contributed by atoms with Gasteiger partial charge >= 0.3 is 12.1 Å². The number of halogens is 5. The smallest absolute Gasteiger partial charge is 0.490 e. The van der Waals surface area contributed by atoms with Gasteiger partial charge in [0.2, 0.25) is 0 Å². The Hall–Kier alpha value is -2.93. The number of phenolic OH excluding ortho intramolecular Hbond substituents is 1. The number of phenols is 1. The van der Waals surface area contributed by atoms with Gasteiger partial charge in [0.25, 0.3) is 5.91 Å². The van der Waals surface area contributed by atoms with Crippen LogP contribution in [0.5, 0.6) is 17.2 Å². The molecule has 2 N–H and O–H groups in total. The van der Waals surface area contributed by atoms with Crippen LogP contribution in [0.4, 0.5) is 13.2 Å². The van der Waals surface area contributed by atoms with E-state index in [-0.39, 0.29) is 53.8 Å². The molecule has 2 atom stereocenters. The van der Waals surface area contributed by atoms with E-state index in [0.717, 1.165) is 36.6 Å². The van der Waals surface area contributed by atoms with Crippen molar-refractivity contribution in [2.24, 2.45) is 0 Å². The van der Waals surface area contributed by atoms with Crippen molar-refractivity contribution in [1.82, 2.24) is 9.80 Å². The molecule has 228 valence electrons. The maximum absolute atomic E-state index is 13.2. The Kier molecular flexibility index (Phi) is 8.71. The summed E-state index contributed by atoms with van der Waals surface area (Å²) >= 11 is 12.1. The van der Waals surface area contributed by atoms with E-state index >= 15 is 0 Å². The summed E-state index contributed by atoms with van der Waals surface area (Å²) in [4.78, 5) is 27.7. The number of hydrogen-bond donors (Lipinski definition) is 2. The lowest BCUT2D eigenvalue weighted by atomic mass is 9.87. The number of hydrogen-bond acceptors (Lipinski definition) is 8. The molecule has 0 aliphatic carbocycles. The van der Waals surface area contributed by atoms with Crippen molar-refractivity contribution in [3.63, 3.8) is 0 Å². The number of rotatable bonds is 7. The molecule has 0 aromatic heterocycles. The van der Waals surface area contributed by atoms with Crippen LogP contribution in [0, 0.1) is 0 Å². The molecule has 2 fully saturated rings. The first kappa shape index (κ1) is 30.5. The predicted molar refractivity (Wildman–Crippen MR) is 145 cm³/mol. The molecular formula is C28H29Cl2F3N2O7. The second-order valence-electron chi connectivity index (χ2n) is 10.8. The third kappa shape index (κ3) is 6.82. The highest BCUT2D eigenvalue weighted by Crippen LogP contribution is 2.42. The quantitative estimate of drug-likeness (QED) is 0.437. The van der Waals surface area contributed by atoms with Crippen LogP contribution >= 0.6 is 23.2 Å². The molecule has 0 unspecified atom stereocenters. The minimum Gasteiger partial charge on any atom is -0.506 e. The van der Waals surface area contributed by atoms with Gasteiger partial charge in [-0.1, -0.05) is 23.2 Å². The summed E-state index contributed by atoms with van der Waals surface area (Å²) in [6.07, 6.45) is -4.84. The summed E-state index contributed by atoms with van der Waals surface area (Å²) in [6.45, 7) is 1.27. The Morgan fingerprint density at radius 1 is 1.14 bits per heavy atom. The SMILES string of the molecule is O=C(c1cc(Cl)c(O)cc1OC[C@H](O)CN1CCC2(CC1)Cc1cc(Cl)ccc1O2)N1CC[C@H](OC(=O)C(F)(F)F)C1. The van der Waals surface area contributed by atoms with Gasteiger partial charge < -0.3 is 34.2 Å². The number of aliphatic hydroxyl groups is 1. The van der Waals surface area contributed by atoms with Crippen LogP contribution < -0.4 is 9.47 Å². The molecule has 3 aliphatic heterocycles. The number of benzene rings is 2. The highest BCUT2D eigenvalue weighted by molar-refractivity contribution is 6.32. The van der Waals surface area contributed by atoms with Crippen LogP contribution in [-0.4, -0.2) is 95.2 Å². The van der Waals surface area contributed by atoms with E-state index in [2.05, 4.69) is 9.64 Å². The largest absolute Gasteiger partial charge is 0.506 e. The van der Waals surface area contributed by atoms with Crippen LogP contribution in [0.25, 0.3) is 0 Å². The molecule has 2 aromatic carbocycles. The van der Waals surface area contributed by atoms with E-state index in [1.165, 1.54) is 11.0 Å². The zero-order valence-electron chi connectivity index (χ0n) is 22.3. The summed E-state index contributed by atoms with van der Waals surface area (Å²) in [5.74, 6) is -2.50. The number of fused-ring (bicyclic) bond motifs is 1. The fourth-order valence-electron chi connectivity index (χ4n) is 5.59. The van der Waals surface area contributed by atoms with Gasteiger partial charge in [0, 0.05) is 63.0 Å². The maximum Gasteiger partial charge on any atom is 0.490 e. The lowest BCUT2D eigenvalue weighted by Gasteiger charge is -2.39. The third-order valence-corrected chi connectivity index (χ3v) is 8.28. The normalized spacial score (nSPS) is 20.7. The summed E-state index contributed by atoms with van der Waals surface area (Å²) in [6, 6.07) is 7.95. The number of carbonyl (C=O) groups excluding carboxylic acids is 2. The van der Waals surface area contributed by atoms with Gasteiger partial charge in [0.15, 0.2) is 0 Å². The van der Waals surface area contributed by atoms with E-state index in [1.807, 2.05) is 12.1 Å². The molecule has 0 radical (unpaired) electrons. The first-order valence-corrected chi connectivity index (χ1v) is 14.2. The number of nitrogens with zero attached hydrogens (tertiary/aromatic N) is 2. The Morgan fingerprint density at radius 2 is 1.88 bits per heavy atom. The minimum absolute atomic E-state index is 0.0241. The highest BCUT2D eigenvalue weighted by Gasteiger charge is 2.44. The molecule has 5 rings (SSSR count). The van der Waals surface area contributed by atoms with Crippen LogP contribution in [0.1, 0.15) is 35.2 Å². The molecular weight excluding hydrogens is 604 g/mol. The second kappa shape index (κ2) is 12.0. The third-order valence-electron chi connectivity index (χ3n) is 7.75. The number of carbonyl (C=O) groups is 2. The van der Waals surface area contributed by atoms with Gasteiger partial charge in [-0.05, 0) is 29.8 Å². The Bertz CT molecular complexity index is 1350. The number of likely N-dealkylation sites (tertiary alicyclic amines) is 2. The number of alkyl halides is 3. The average Bonchev–Trinajstić information content (AvgIpc) is 3.53. The van der Waals surface area contributed by atoms with Crippen molar-refractivity contribution in [2.75, 3.05) is 39.3 Å². The van der Waals surface area contributed by atoms with Gasteiger partial charge in [0.1, 0.15) is 41.7 Å². The maximum atomic E-state index is 13.2. The monoisotopic (exact) mass is 632 g/mol. The number of esters is 1. The Balaban J connectivity index is 1.15. The number of amides is 1. The van der Waals surface area contributed by atoms with Gasteiger partial charge in [-0.3, -0.25) is 4.79 Å². The molecule has 1 amide bonds.